The lowest BCUT2D eigenvalue weighted by Crippen LogP contribution is -2.03. The van der Waals surface area contributed by atoms with E-state index in [0.29, 0.717) is 18.4 Å². The third-order valence-corrected chi connectivity index (χ3v) is 2.46. The molecule has 0 spiro atoms. The molecule has 1 aromatic heterocycles. The Balaban J connectivity index is 2.69. The van der Waals surface area contributed by atoms with Gasteiger partial charge in [0.25, 0.3) is 0 Å². The second kappa shape index (κ2) is 7.07. The van der Waals surface area contributed by atoms with Gasteiger partial charge in [0.2, 0.25) is 5.88 Å². The lowest BCUT2D eigenvalue weighted by atomic mass is 10.1. The van der Waals surface area contributed by atoms with Gasteiger partial charge in [-0.2, -0.15) is 0 Å². The van der Waals surface area contributed by atoms with Crippen molar-refractivity contribution in [3.05, 3.63) is 36.0 Å². The summed E-state index contributed by atoms with van der Waals surface area (Å²) in [6.45, 7) is 8.46. The van der Waals surface area contributed by atoms with Gasteiger partial charge < -0.3 is 9.84 Å². The van der Waals surface area contributed by atoms with E-state index in [1.807, 2.05) is 12.1 Å². The number of ether oxygens (including phenoxy) is 1. The molecule has 0 fully saturated rings. The van der Waals surface area contributed by atoms with Crippen LogP contribution < -0.4 is 4.74 Å². The highest BCUT2D eigenvalue weighted by molar-refractivity contribution is 5.26. The van der Waals surface area contributed by atoms with E-state index >= 15 is 0 Å². The first-order chi connectivity index (χ1) is 8.17. The van der Waals surface area contributed by atoms with Gasteiger partial charge in [-0.05, 0) is 30.4 Å². The maximum absolute atomic E-state index is 9.18. The van der Waals surface area contributed by atoms with E-state index in [1.165, 1.54) is 0 Å². The molecule has 1 rings (SSSR count). The molecule has 17 heavy (non-hydrogen) atoms. The van der Waals surface area contributed by atoms with Gasteiger partial charge in [-0.25, -0.2) is 4.98 Å². The maximum Gasteiger partial charge on any atom is 0.213 e. The smallest absolute Gasteiger partial charge is 0.213 e. The summed E-state index contributed by atoms with van der Waals surface area (Å²) < 4.78 is 5.57. The predicted octanol–water partition coefficient (Wildman–Crippen LogP) is 3.04. The average Bonchev–Trinajstić information content (AvgIpc) is 2.34. The Hall–Kier alpha value is -1.35. The fourth-order valence-corrected chi connectivity index (χ4v) is 1.45. The summed E-state index contributed by atoms with van der Waals surface area (Å²) >= 11 is 0. The van der Waals surface area contributed by atoms with E-state index in [2.05, 4.69) is 25.4 Å². The normalized spacial score (nSPS) is 10.6. The molecular weight excluding hydrogens is 214 g/mol. The van der Waals surface area contributed by atoms with Crippen LogP contribution >= 0.6 is 0 Å². The molecule has 1 heterocycles. The zero-order valence-electron chi connectivity index (χ0n) is 10.6. The van der Waals surface area contributed by atoms with Crippen molar-refractivity contribution < 1.29 is 9.84 Å². The number of unbranched alkanes of at least 4 members (excludes halogenated alkanes) is 1. The minimum absolute atomic E-state index is 0.0191. The zero-order chi connectivity index (χ0) is 12.7. The van der Waals surface area contributed by atoms with Gasteiger partial charge in [0.05, 0.1) is 13.2 Å². The van der Waals surface area contributed by atoms with Crippen LogP contribution in [0.15, 0.2) is 24.8 Å². The fourth-order valence-electron chi connectivity index (χ4n) is 1.45. The molecule has 0 radical (unpaired) electrons. The average molecular weight is 235 g/mol. The summed E-state index contributed by atoms with van der Waals surface area (Å²) in [5.74, 6) is 0.932. The molecule has 3 nitrogen and oxygen atoms in total. The topological polar surface area (TPSA) is 42.4 Å². The molecule has 0 saturated heterocycles. The molecule has 94 valence electrons. The van der Waals surface area contributed by atoms with Crippen LogP contribution in [0.1, 0.15) is 43.9 Å². The minimum atomic E-state index is 0.0191. The first-order valence-corrected chi connectivity index (χ1v) is 6.02. The highest BCUT2D eigenvalue weighted by atomic mass is 16.5. The van der Waals surface area contributed by atoms with Gasteiger partial charge >= 0.3 is 0 Å². The Morgan fingerprint density at radius 2 is 2.24 bits per heavy atom. The molecule has 0 atom stereocenters. The van der Waals surface area contributed by atoms with Crippen LogP contribution in [0.25, 0.3) is 0 Å². The van der Waals surface area contributed by atoms with E-state index in [0.717, 1.165) is 24.1 Å². The molecule has 1 aromatic rings. The minimum Gasteiger partial charge on any atom is -0.478 e. The number of aromatic nitrogens is 1. The molecule has 0 bridgehead atoms. The summed E-state index contributed by atoms with van der Waals surface area (Å²) in [5.41, 5.74) is 1.80. The molecule has 1 N–H and O–H groups in total. The van der Waals surface area contributed by atoms with Gasteiger partial charge in [-0.3, -0.25) is 0 Å². The van der Waals surface area contributed by atoms with Gasteiger partial charge in [-0.15, -0.1) is 6.58 Å². The number of nitrogens with zero attached hydrogens (tertiary/aromatic N) is 1. The Bertz CT molecular complexity index is 361. The standard InChI is InChI=1S/C14H21NO2/c1-4-5-6-7-17-14-9-12(10-16)8-13(15-14)11(2)3/h4,8-9,11,16H,1,5-7,10H2,2-3H3. The second-order valence-corrected chi connectivity index (χ2v) is 4.33. The van der Waals surface area contributed by atoms with Gasteiger partial charge in [-0.1, -0.05) is 19.9 Å². The molecule has 0 aliphatic carbocycles. The van der Waals surface area contributed by atoms with E-state index < -0.39 is 0 Å². The maximum atomic E-state index is 9.18. The van der Waals surface area contributed by atoms with Crippen molar-refractivity contribution in [3.8, 4) is 5.88 Å². The van der Waals surface area contributed by atoms with Crippen LogP contribution in [0, 0.1) is 0 Å². The SMILES string of the molecule is C=CCCCOc1cc(CO)cc(C(C)C)n1. The third kappa shape index (κ3) is 4.57. The van der Waals surface area contributed by atoms with Crippen LogP contribution in [0.3, 0.4) is 0 Å². The highest BCUT2D eigenvalue weighted by Gasteiger charge is 2.06. The van der Waals surface area contributed by atoms with Crippen molar-refractivity contribution in [1.82, 2.24) is 4.98 Å². The van der Waals surface area contributed by atoms with Gasteiger partial charge in [0.1, 0.15) is 0 Å². The number of aliphatic hydroxyl groups excluding tert-OH is 1. The zero-order valence-corrected chi connectivity index (χ0v) is 10.6. The second-order valence-electron chi connectivity index (χ2n) is 4.33. The van der Waals surface area contributed by atoms with Crippen LogP contribution in [-0.2, 0) is 6.61 Å². The first-order valence-electron chi connectivity index (χ1n) is 6.02. The van der Waals surface area contributed by atoms with E-state index in [9.17, 15) is 5.11 Å². The molecule has 3 heteroatoms. The van der Waals surface area contributed by atoms with E-state index in [1.54, 1.807) is 6.07 Å². The number of rotatable bonds is 7. The number of allylic oxidation sites excluding steroid dienone is 1. The van der Waals surface area contributed by atoms with Crippen molar-refractivity contribution in [2.24, 2.45) is 0 Å². The van der Waals surface area contributed by atoms with Crippen LogP contribution in [0.4, 0.5) is 0 Å². The Morgan fingerprint density at radius 1 is 1.47 bits per heavy atom. The third-order valence-electron chi connectivity index (χ3n) is 2.46. The van der Waals surface area contributed by atoms with Crippen molar-refractivity contribution in [3.63, 3.8) is 0 Å². The van der Waals surface area contributed by atoms with E-state index in [-0.39, 0.29) is 6.61 Å². The molecule has 0 aromatic carbocycles. The van der Waals surface area contributed by atoms with Crippen LogP contribution in [0.2, 0.25) is 0 Å². The summed E-state index contributed by atoms with van der Waals surface area (Å²) in [6.07, 6.45) is 3.75. The van der Waals surface area contributed by atoms with Crippen molar-refractivity contribution in [2.45, 2.75) is 39.2 Å². The van der Waals surface area contributed by atoms with Crippen LogP contribution in [0.5, 0.6) is 5.88 Å². The molecule has 0 aliphatic rings. The number of hydrogen-bond donors (Lipinski definition) is 1. The summed E-state index contributed by atoms with van der Waals surface area (Å²) in [7, 11) is 0. The van der Waals surface area contributed by atoms with Crippen LogP contribution in [-0.4, -0.2) is 16.7 Å². The Kier molecular flexibility index (Phi) is 5.70. The quantitative estimate of drug-likeness (QED) is 0.583. The van der Waals surface area contributed by atoms with E-state index in [4.69, 9.17) is 4.74 Å². The van der Waals surface area contributed by atoms with Gasteiger partial charge in [0, 0.05) is 11.8 Å². The Labute approximate surface area is 103 Å². The molecule has 0 amide bonds. The van der Waals surface area contributed by atoms with Crippen molar-refractivity contribution in [2.75, 3.05) is 6.61 Å². The lowest BCUT2D eigenvalue weighted by Gasteiger charge is -2.10. The number of aliphatic hydroxyl groups is 1. The monoisotopic (exact) mass is 235 g/mol. The first kappa shape index (κ1) is 13.7. The predicted molar refractivity (Wildman–Crippen MR) is 69.2 cm³/mol. The Morgan fingerprint density at radius 3 is 2.82 bits per heavy atom. The van der Waals surface area contributed by atoms with Gasteiger partial charge in [0.15, 0.2) is 0 Å². The summed E-state index contributed by atoms with van der Waals surface area (Å²) in [5, 5.41) is 9.18. The summed E-state index contributed by atoms with van der Waals surface area (Å²) in [4.78, 5) is 4.42. The summed E-state index contributed by atoms with van der Waals surface area (Å²) in [6, 6.07) is 3.71. The lowest BCUT2D eigenvalue weighted by molar-refractivity contribution is 0.275. The molecule has 0 aliphatic heterocycles. The largest absolute Gasteiger partial charge is 0.478 e. The molecule has 0 saturated carbocycles. The molecular formula is C14H21NO2. The number of pyridine rings is 1. The highest BCUT2D eigenvalue weighted by Crippen LogP contribution is 2.19. The molecule has 0 unspecified atom stereocenters. The van der Waals surface area contributed by atoms with Crippen molar-refractivity contribution >= 4 is 0 Å². The number of hydrogen-bond acceptors (Lipinski definition) is 3. The fraction of sp³-hybridized carbons (Fsp3) is 0.500. The van der Waals surface area contributed by atoms with Crippen molar-refractivity contribution in [1.29, 1.82) is 0 Å².